The van der Waals surface area contributed by atoms with E-state index >= 15 is 0 Å². The van der Waals surface area contributed by atoms with Gasteiger partial charge in [0, 0.05) is 34.3 Å². The van der Waals surface area contributed by atoms with Gasteiger partial charge in [-0.05, 0) is 48.2 Å². The fraction of sp³-hybridized carbons (Fsp3) is 0.118. The highest BCUT2D eigenvalue weighted by Crippen LogP contribution is 2.23. The number of thioether (sulfide) groups is 1. The van der Waals surface area contributed by atoms with Gasteiger partial charge in [-0.25, -0.2) is 4.98 Å². The van der Waals surface area contributed by atoms with Gasteiger partial charge >= 0.3 is 0 Å². The Balaban J connectivity index is 1.62. The zero-order valence-electron chi connectivity index (χ0n) is 11.7. The number of benzene rings is 2. The molecule has 0 aliphatic heterocycles. The molecule has 2 nitrogen and oxygen atoms in total. The van der Waals surface area contributed by atoms with Gasteiger partial charge in [-0.15, -0.1) is 23.1 Å². The molecule has 0 aliphatic rings. The van der Waals surface area contributed by atoms with Gasteiger partial charge in [0.2, 0.25) is 0 Å². The van der Waals surface area contributed by atoms with Gasteiger partial charge in [0.25, 0.3) is 0 Å². The van der Waals surface area contributed by atoms with E-state index in [0.717, 1.165) is 17.2 Å². The summed E-state index contributed by atoms with van der Waals surface area (Å²) < 4.78 is 0. The van der Waals surface area contributed by atoms with E-state index in [1.54, 1.807) is 23.1 Å². The average molecular weight is 312 g/mol. The number of anilines is 1. The number of hydrogen-bond acceptors (Lipinski definition) is 4. The molecule has 21 heavy (non-hydrogen) atoms. The van der Waals surface area contributed by atoms with E-state index in [1.165, 1.54) is 16.0 Å². The summed E-state index contributed by atoms with van der Waals surface area (Å²) in [6.45, 7) is 0.839. The van der Waals surface area contributed by atoms with E-state index in [-0.39, 0.29) is 0 Å². The van der Waals surface area contributed by atoms with Gasteiger partial charge < -0.3 is 5.32 Å². The van der Waals surface area contributed by atoms with Crippen molar-refractivity contribution < 1.29 is 0 Å². The van der Waals surface area contributed by atoms with Crippen molar-refractivity contribution in [3.63, 3.8) is 0 Å². The van der Waals surface area contributed by atoms with Crippen molar-refractivity contribution in [3.05, 3.63) is 65.7 Å². The molecule has 0 unspecified atom stereocenters. The number of nitrogens with zero attached hydrogens (tertiary/aromatic N) is 1. The largest absolute Gasteiger partial charge is 0.381 e. The van der Waals surface area contributed by atoms with Crippen LogP contribution in [0, 0.1) is 0 Å². The lowest BCUT2D eigenvalue weighted by molar-refractivity contribution is 1.14. The first-order valence-electron chi connectivity index (χ1n) is 6.72. The lowest BCUT2D eigenvalue weighted by Gasteiger charge is -2.07. The summed E-state index contributed by atoms with van der Waals surface area (Å²) in [6.07, 6.45) is 3.93. The normalized spacial score (nSPS) is 10.5. The van der Waals surface area contributed by atoms with Gasteiger partial charge in [-0.2, -0.15) is 0 Å². The molecule has 2 aromatic carbocycles. The second kappa shape index (κ2) is 6.78. The van der Waals surface area contributed by atoms with Crippen molar-refractivity contribution in [2.75, 3.05) is 11.6 Å². The Bertz CT molecular complexity index is 674. The Morgan fingerprint density at radius 1 is 1.05 bits per heavy atom. The molecule has 0 aliphatic carbocycles. The fourth-order valence-corrected chi connectivity index (χ4v) is 3.10. The minimum atomic E-state index is 0.839. The first kappa shape index (κ1) is 14.2. The third-order valence-electron chi connectivity index (χ3n) is 3.22. The molecule has 0 radical (unpaired) electrons. The van der Waals surface area contributed by atoms with Crippen LogP contribution in [0.5, 0.6) is 0 Å². The lowest BCUT2D eigenvalue weighted by atomic mass is 10.2. The maximum atomic E-state index is 4.32. The third-order valence-corrected chi connectivity index (χ3v) is 4.79. The zero-order chi connectivity index (χ0) is 14.5. The van der Waals surface area contributed by atoms with E-state index in [2.05, 4.69) is 65.1 Å². The molecule has 4 heteroatoms. The van der Waals surface area contributed by atoms with Crippen LogP contribution in [0.3, 0.4) is 0 Å². The number of aromatic nitrogens is 1. The summed E-state index contributed by atoms with van der Waals surface area (Å²) in [7, 11) is 0. The average Bonchev–Trinajstić information content (AvgIpc) is 3.08. The topological polar surface area (TPSA) is 24.9 Å². The summed E-state index contributed by atoms with van der Waals surface area (Å²) in [6, 6.07) is 17.1. The zero-order valence-corrected chi connectivity index (χ0v) is 13.4. The number of hydrogen-bond donors (Lipinski definition) is 1. The van der Waals surface area contributed by atoms with Crippen LogP contribution in [0.4, 0.5) is 5.69 Å². The molecule has 0 saturated heterocycles. The molecule has 1 N–H and O–H groups in total. The van der Waals surface area contributed by atoms with Gasteiger partial charge in [0.1, 0.15) is 5.01 Å². The molecule has 1 aromatic heterocycles. The maximum Gasteiger partial charge on any atom is 0.123 e. The molecule has 0 amide bonds. The van der Waals surface area contributed by atoms with Crippen molar-refractivity contribution in [2.24, 2.45) is 0 Å². The van der Waals surface area contributed by atoms with Gasteiger partial charge in [-0.1, -0.05) is 12.1 Å². The Kier molecular flexibility index (Phi) is 4.58. The van der Waals surface area contributed by atoms with E-state index in [9.17, 15) is 0 Å². The molecule has 0 spiro atoms. The minimum Gasteiger partial charge on any atom is -0.381 e. The summed E-state index contributed by atoms with van der Waals surface area (Å²) in [5.74, 6) is 0. The van der Waals surface area contributed by atoms with Crippen LogP contribution in [0.25, 0.3) is 10.6 Å². The highest BCUT2D eigenvalue weighted by atomic mass is 32.2. The Morgan fingerprint density at radius 3 is 2.43 bits per heavy atom. The molecule has 106 valence electrons. The molecule has 0 saturated carbocycles. The van der Waals surface area contributed by atoms with Crippen LogP contribution in [0.1, 0.15) is 5.56 Å². The maximum absolute atomic E-state index is 4.32. The summed E-state index contributed by atoms with van der Waals surface area (Å²) in [5.41, 5.74) is 3.58. The standard InChI is InChI=1S/C17H16N2S2/c1-20-16-8-2-13(3-9-16)12-19-15-6-4-14(5-7-15)17-18-10-11-21-17/h2-11,19H,12H2,1H3. The molecule has 1 heterocycles. The number of thiazole rings is 1. The molecule has 3 rings (SSSR count). The molecule has 0 fully saturated rings. The predicted molar refractivity (Wildman–Crippen MR) is 93.1 cm³/mol. The van der Waals surface area contributed by atoms with Gasteiger partial charge in [0.15, 0.2) is 0 Å². The van der Waals surface area contributed by atoms with E-state index in [1.807, 2.05) is 11.6 Å². The molecule has 0 atom stereocenters. The predicted octanol–water partition coefficient (Wildman–Crippen LogP) is 5.14. The molecule has 3 aromatic rings. The fourth-order valence-electron chi connectivity index (χ4n) is 2.04. The van der Waals surface area contributed by atoms with Crippen molar-refractivity contribution in [1.82, 2.24) is 4.98 Å². The van der Waals surface area contributed by atoms with Crippen molar-refractivity contribution in [2.45, 2.75) is 11.4 Å². The lowest BCUT2D eigenvalue weighted by Crippen LogP contribution is -1.98. The third kappa shape index (κ3) is 3.65. The van der Waals surface area contributed by atoms with Crippen LogP contribution >= 0.6 is 23.1 Å². The SMILES string of the molecule is CSc1ccc(CNc2ccc(-c3nccs3)cc2)cc1. The van der Waals surface area contributed by atoms with E-state index < -0.39 is 0 Å². The van der Waals surface area contributed by atoms with E-state index in [4.69, 9.17) is 0 Å². The molecule has 0 bridgehead atoms. The minimum absolute atomic E-state index is 0.839. The van der Waals surface area contributed by atoms with Crippen molar-refractivity contribution in [1.29, 1.82) is 0 Å². The second-order valence-electron chi connectivity index (χ2n) is 4.62. The van der Waals surface area contributed by atoms with E-state index in [0.29, 0.717) is 0 Å². The van der Waals surface area contributed by atoms with Crippen molar-refractivity contribution in [3.8, 4) is 10.6 Å². The first-order chi connectivity index (χ1) is 10.3. The molecular weight excluding hydrogens is 296 g/mol. The Hall–Kier alpha value is -1.78. The van der Waals surface area contributed by atoms with Crippen LogP contribution in [0.2, 0.25) is 0 Å². The van der Waals surface area contributed by atoms with Crippen LogP contribution < -0.4 is 5.32 Å². The highest BCUT2D eigenvalue weighted by Gasteiger charge is 2.00. The van der Waals surface area contributed by atoms with Crippen LogP contribution in [0.15, 0.2) is 65.0 Å². The van der Waals surface area contributed by atoms with Gasteiger partial charge in [-0.3, -0.25) is 0 Å². The van der Waals surface area contributed by atoms with Gasteiger partial charge in [0.05, 0.1) is 0 Å². The Labute approximate surface area is 133 Å². The highest BCUT2D eigenvalue weighted by molar-refractivity contribution is 7.98. The Morgan fingerprint density at radius 2 is 1.81 bits per heavy atom. The van der Waals surface area contributed by atoms with Crippen LogP contribution in [-0.4, -0.2) is 11.2 Å². The quantitative estimate of drug-likeness (QED) is 0.660. The molecular formula is C17H16N2S2. The number of rotatable bonds is 5. The number of nitrogens with one attached hydrogen (secondary N) is 1. The summed E-state index contributed by atoms with van der Waals surface area (Å²) >= 11 is 3.43. The summed E-state index contributed by atoms with van der Waals surface area (Å²) in [4.78, 5) is 5.62. The summed E-state index contributed by atoms with van der Waals surface area (Å²) in [5, 5.41) is 6.51. The van der Waals surface area contributed by atoms with Crippen LogP contribution in [-0.2, 0) is 6.54 Å². The smallest absolute Gasteiger partial charge is 0.123 e. The monoisotopic (exact) mass is 312 g/mol. The second-order valence-corrected chi connectivity index (χ2v) is 6.39. The first-order valence-corrected chi connectivity index (χ1v) is 8.82. The van der Waals surface area contributed by atoms with Crippen molar-refractivity contribution >= 4 is 28.8 Å².